The minimum absolute atomic E-state index is 0.253. The van der Waals surface area contributed by atoms with Crippen molar-refractivity contribution in [2.45, 2.75) is 52.8 Å². The van der Waals surface area contributed by atoms with E-state index >= 15 is 0 Å². The van der Waals surface area contributed by atoms with Gasteiger partial charge in [0.05, 0.1) is 26.9 Å². The molecule has 0 fully saturated rings. The number of hydrogen-bond donors (Lipinski definition) is 3. The van der Waals surface area contributed by atoms with Crippen LogP contribution in [0.25, 0.3) is 0 Å². The maximum absolute atomic E-state index is 10.5. The Morgan fingerprint density at radius 3 is 2.25 bits per heavy atom. The topological polar surface area (TPSA) is 78.4 Å². The number of aliphatic hydroxyl groups is 1. The number of aliphatic hydroxyl groups excluding tert-OH is 1. The van der Waals surface area contributed by atoms with Gasteiger partial charge in [0.25, 0.3) is 0 Å². The molecule has 0 aromatic heterocycles. The second-order valence-corrected chi connectivity index (χ2v) is 7.20. The van der Waals surface area contributed by atoms with E-state index in [1.807, 2.05) is 13.0 Å². The second-order valence-electron chi connectivity index (χ2n) is 7.20. The summed E-state index contributed by atoms with van der Waals surface area (Å²) in [5.74, 6) is 1.93. The van der Waals surface area contributed by atoms with Gasteiger partial charge in [0.15, 0.2) is 17.5 Å². The lowest BCUT2D eigenvalue weighted by molar-refractivity contribution is 0.178. The number of aliphatic imine (C=N–C) groups is 1. The Balaban J connectivity index is 2.70. The van der Waals surface area contributed by atoms with Crippen LogP contribution in [0.3, 0.4) is 0 Å². The van der Waals surface area contributed by atoms with E-state index in [4.69, 9.17) is 9.47 Å². The van der Waals surface area contributed by atoms with Gasteiger partial charge in [-0.15, -0.1) is 0 Å². The van der Waals surface area contributed by atoms with Crippen LogP contribution in [0.1, 0.15) is 46.3 Å². The molecule has 28 heavy (non-hydrogen) atoms. The van der Waals surface area contributed by atoms with Crippen molar-refractivity contribution in [1.29, 1.82) is 0 Å². The second kappa shape index (κ2) is 12.5. The fourth-order valence-electron chi connectivity index (χ4n) is 3.10. The van der Waals surface area contributed by atoms with E-state index in [2.05, 4.69) is 48.2 Å². The minimum atomic E-state index is -0.724. The zero-order valence-electron chi connectivity index (χ0n) is 18.5. The molecule has 3 N–H and O–H groups in total. The third-order valence-electron chi connectivity index (χ3n) is 4.55. The Hall–Kier alpha value is -1.99. The molecule has 0 heterocycles. The summed E-state index contributed by atoms with van der Waals surface area (Å²) >= 11 is 0. The summed E-state index contributed by atoms with van der Waals surface area (Å²) in [7, 11) is 3.17. The molecule has 1 unspecified atom stereocenters. The Morgan fingerprint density at radius 1 is 1.07 bits per heavy atom. The molecule has 1 rings (SSSR count). The normalized spacial score (nSPS) is 13.2. The van der Waals surface area contributed by atoms with Gasteiger partial charge in [0.1, 0.15) is 0 Å². The van der Waals surface area contributed by atoms with Crippen LogP contribution in [0.5, 0.6) is 11.5 Å². The van der Waals surface area contributed by atoms with Crippen molar-refractivity contribution in [3.05, 3.63) is 23.8 Å². The van der Waals surface area contributed by atoms with Crippen LogP contribution in [0, 0.1) is 0 Å². The van der Waals surface area contributed by atoms with Crippen molar-refractivity contribution in [1.82, 2.24) is 15.5 Å². The third kappa shape index (κ3) is 7.56. The van der Waals surface area contributed by atoms with Gasteiger partial charge in [-0.05, 0) is 52.3 Å². The molecule has 0 aliphatic carbocycles. The predicted molar refractivity (Wildman–Crippen MR) is 115 cm³/mol. The van der Waals surface area contributed by atoms with Gasteiger partial charge in [-0.3, -0.25) is 9.89 Å². The lowest BCUT2D eigenvalue weighted by Crippen LogP contribution is -2.45. The first-order valence-electron chi connectivity index (χ1n) is 10.0. The first-order valence-corrected chi connectivity index (χ1v) is 10.0. The molecular weight excluding hydrogens is 356 g/mol. The van der Waals surface area contributed by atoms with Gasteiger partial charge >= 0.3 is 0 Å². The number of methoxy groups -OCH3 is 2. The summed E-state index contributed by atoms with van der Waals surface area (Å²) in [5, 5.41) is 17.1. The fourth-order valence-corrected chi connectivity index (χ4v) is 3.10. The van der Waals surface area contributed by atoms with E-state index in [0.717, 1.165) is 25.2 Å². The lowest BCUT2D eigenvalue weighted by atomic mass is 10.1. The summed E-state index contributed by atoms with van der Waals surface area (Å²) in [6, 6.07) is 6.38. The van der Waals surface area contributed by atoms with E-state index in [9.17, 15) is 5.11 Å². The highest BCUT2D eigenvalue weighted by Gasteiger charge is 2.14. The number of guanidine groups is 1. The molecule has 7 nitrogen and oxygen atoms in total. The standard InChI is InChI=1S/C21H38N4O3/c1-8-22-21(23-11-12-25(15(2)3)16(4)5)24-14-18(26)17-9-10-19(27-6)20(13-17)28-7/h9-10,13,15-16,18,26H,8,11-12,14H2,1-7H3,(H2,22,23,24). The molecule has 1 aromatic carbocycles. The zero-order valence-corrected chi connectivity index (χ0v) is 18.5. The first-order chi connectivity index (χ1) is 13.3. The van der Waals surface area contributed by atoms with Crippen molar-refractivity contribution in [3.63, 3.8) is 0 Å². The molecule has 1 aromatic rings. The number of rotatable bonds is 11. The molecule has 0 aliphatic rings. The summed E-state index contributed by atoms with van der Waals surface area (Å²) in [5.41, 5.74) is 0.739. The maximum Gasteiger partial charge on any atom is 0.191 e. The van der Waals surface area contributed by atoms with Crippen molar-refractivity contribution >= 4 is 5.96 Å². The fraction of sp³-hybridized carbons (Fsp3) is 0.667. The Morgan fingerprint density at radius 2 is 1.71 bits per heavy atom. The quantitative estimate of drug-likeness (QED) is 0.395. The smallest absolute Gasteiger partial charge is 0.191 e. The molecule has 0 aliphatic heterocycles. The summed E-state index contributed by atoms with van der Waals surface area (Å²) in [6.07, 6.45) is -0.724. The van der Waals surface area contributed by atoms with Crippen LogP contribution in [0.15, 0.2) is 23.2 Å². The van der Waals surface area contributed by atoms with Crippen molar-refractivity contribution in [3.8, 4) is 11.5 Å². The van der Waals surface area contributed by atoms with Gasteiger partial charge in [-0.25, -0.2) is 0 Å². The van der Waals surface area contributed by atoms with Gasteiger partial charge in [0.2, 0.25) is 0 Å². The molecule has 1 atom stereocenters. The average Bonchev–Trinajstić information content (AvgIpc) is 2.67. The third-order valence-corrected chi connectivity index (χ3v) is 4.55. The van der Waals surface area contributed by atoms with Crippen molar-refractivity contribution < 1.29 is 14.6 Å². The van der Waals surface area contributed by atoms with Gasteiger partial charge in [-0.1, -0.05) is 6.07 Å². The van der Waals surface area contributed by atoms with Gasteiger partial charge < -0.3 is 25.2 Å². The largest absolute Gasteiger partial charge is 0.493 e. The van der Waals surface area contributed by atoms with E-state index < -0.39 is 6.10 Å². The highest BCUT2D eigenvalue weighted by Crippen LogP contribution is 2.29. The number of benzene rings is 1. The van der Waals surface area contributed by atoms with Crippen LogP contribution in [-0.2, 0) is 0 Å². The minimum Gasteiger partial charge on any atom is -0.493 e. The SMILES string of the molecule is CCNC(=NCC(O)c1ccc(OC)c(OC)c1)NCCN(C(C)C)C(C)C. The van der Waals surface area contributed by atoms with Gasteiger partial charge in [0, 0.05) is 31.7 Å². The summed E-state index contributed by atoms with van der Waals surface area (Å²) < 4.78 is 10.5. The van der Waals surface area contributed by atoms with Crippen LogP contribution < -0.4 is 20.1 Å². The maximum atomic E-state index is 10.5. The van der Waals surface area contributed by atoms with Crippen molar-refractivity contribution in [2.75, 3.05) is 40.4 Å². The van der Waals surface area contributed by atoms with Crippen LogP contribution in [-0.4, -0.2) is 68.4 Å². The van der Waals surface area contributed by atoms with Crippen molar-refractivity contribution in [2.24, 2.45) is 4.99 Å². The molecule has 160 valence electrons. The molecule has 7 heteroatoms. The number of ether oxygens (including phenoxy) is 2. The highest BCUT2D eigenvalue weighted by molar-refractivity contribution is 5.79. The Kier molecular flexibility index (Phi) is 10.7. The first kappa shape index (κ1) is 24.0. The van der Waals surface area contributed by atoms with E-state index in [1.165, 1.54) is 0 Å². The van der Waals surface area contributed by atoms with Gasteiger partial charge in [-0.2, -0.15) is 0 Å². The summed E-state index contributed by atoms with van der Waals surface area (Å²) in [4.78, 5) is 6.95. The predicted octanol–water partition coefficient (Wildman–Crippen LogP) is 2.41. The van der Waals surface area contributed by atoms with E-state index in [-0.39, 0.29) is 6.54 Å². The monoisotopic (exact) mass is 394 g/mol. The summed E-state index contributed by atoms with van der Waals surface area (Å²) in [6.45, 7) is 13.6. The highest BCUT2D eigenvalue weighted by atomic mass is 16.5. The van der Waals surface area contributed by atoms with Crippen LogP contribution in [0.2, 0.25) is 0 Å². The Labute approximate surface area is 170 Å². The zero-order chi connectivity index (χ0) is 21.1. The van der Waals surface area contributed by atoms with E-state index in [1.54, 1.807) is 26.4 Å². The Bertz CT molecular complexity index is 597. The molecule has 0 amide bonds. The average molecular weight is 395 g/mol. The molecule has 0 saturated heterocycles. The molecular formula is C21H38N4O3. The molecule has 0 spiro atoms. The van der Waals surface area contributed by atoms with E-state index in [0.29, 0.717) is 29.5 Å². The molecule has 0 bridgehead atoms. The number of nitrogens with one attached hydrogen (secondary N) is 2. The molecule has 0 radical (unpaired) electrons. The number of nitrogens with zero attached hydrogens (tertiary/aromatic N) is 2. The lowest BCUT2D eigenvalue weighted by Gasteiger charge is -2.30. The number of hydrogen-bond acceptors (Lipinski definition) is 5. The van der Waals surface area contributed by atoms with Crippen LogP contribution >= 0.6 is 0 Å². The van der Waals surface area contributed by atoms with Crippen LogP contribution in [0.4, 0.5) is 0 Å². The molecule has 0 saturated carbocycles.